The summed E-state index contributed by atoms with van der Waals surface area (Å²) >= 11 is 6.11. The third kappa shape index (κ3) is 3.94. The van der Waals surface area contributed by atoms with Gasteiger partial charge in [-0.2, -0.15) is 0 Å². The molecule has 3 rings (SSSR count). The van der Waals surface area contributed by atoms with Gasteiger partial charge in [-0.15, -0.1) is 0 Å². The van der Waals surface area contributed by atoms with Crippen LogP contribution >= 0.6 is 11.6 Å². The van der Waals surface area contributed by atoms with Gasteiger partial charge in [0, 0.05) is 6.08 Å². The number of hydrogen-bond donors (Lipinski definition) is 0. The van der Waals surface area contributed by atoms with E-state index in [4.69, 9.17) is 30.2 Å². The molecular formula is C20H20ClNO4. The summed E-state index contributed by atoms with van der Waals surface area (Å²) < 4.78 is 22.3. The fourth-order valence-corrected chi connectivity index (χ4v) is 2.54. The number of rotatable bonds is 7. The monoisotopic (exact) mass is 373 g/mol. The van der Waals surface area contributed by atoms with Crippen molar-refractivity contribution in [2.45, 2.75) is 18.9 Å². The maximum Gasteiger partial charge on any atom is 0.220 e. The van der Waals surface area contributed by atoms with E-state index in [0.717, 1.165) is 16.7 Å². The Hall–Kier alpha value is -2.66. The van der Waals surface area contributed by atoms with Crippen molar-refractivity contribution in [3.05, 3.63) is 47.9 Å². The molecule has 1 unspecified atom stereocenters. The second-order valence-electron chi connectivity index (χ2n) is 5.54. The van der Waals surface area contributed by atoms with E-state index < -0.39 is 5.56 Å². The van der Waals surface area contributed by atoms with Crippen molar-refractivity contribution in [2.24, 2.45) is 0 Å². The zero-order chi connectivity index (χ0) is 18.5. The summed E-state index contributed by atoms with van der Waals surface area (Å²) in [5.41, 5.74) is 1.97. The SMILES string of the molecule is CCC(Cl)Oc1c(OC)cc(/C=C/c2nc3ccccc3o2)cc1OC. The van der Waals surface area contributed by atoms with Crippen LogP contribution < -0.4 is 14.2 Å². The fourth-order valence-electron chi connectivity index (χ4n) is 2.45. The standard InChI is InChI=1S/C20H20ClNO4/c1-4-18(21)26-20-16(23-2)11-13(12-17(20)24-3)9-10-19-22-14-7-5-6-8-15(14)25-19/h5-12,18H,4H2,1-3H3/b10-9+. The van der Waals surface area contributed by atoms with E-state index in [1.54, 1.807) is 20.3 Å². The molecule has 26 heavy (non-hydrogen) atoms. The van der Waals surface area contributed by atoms with Crippen molar-refractivity contribution in [3.8, 4) is 17.2 Å². The molecule has 0 aliphatic carbocycles. The number of fused-ring (bicyclic) bond motifs is 1. The van der Waals surface area contributed by atoms with E-state index in [9.17, 15) is 0 Å². The van der Waals surface area contributed by atoms with E-state index >= 15 is 0 Å². The quantitative estimate of drug-likeness (QED) is 0.521. The molecule has 136 valence electrons. The maximum absolute atomic E-state index is 6.11. The molecule has 5 nitrogen and oxygen atoms in total. The van der Waals surface area contributed by atoms with Gasteiger partial charge in [0.1, 0.15) is 5.52 Å². The molecule has 0 aliphatic heterocycles. The van der Waals surface area contributed by atoms with Crippen molar-refractivity contribution in [1.82, 2.24) is 4.98 Å². The number of methoxy groups -OCH3 is 2. The van der Waals surface area contributed by atoms with E-state index in [-0.39, 0.29) is 0 Å². The predicted molar refractivity (Wildman–Crippen MR) is 103 cm³/mol. The Balaban J connectivity index is 1.91. The van der Waals surface area contributed by atoms with Crippen LogP contribution in [0.5, 0.6) is 17.2 Å². The molecule has 0 N–H and O–H groups in total. The number of benzene rings is 2. The van der Waals surface area contributed by atoms with E-state index in [1.807, 2.05) is 49.4 Å². The third-order valence-electron chi connectivity index (χ3n) is 3.78. The van der Waals surface area contributed by atoms with Crippen LogP contribution in [0.2, 0.25) is 0 Å². The van der Waals surface area contributed by atoms with Crippen LogP contribution in [0.1, 0.15) is 24.8 Å². The minimum Gasteiger partial charge on any atom is -0.493 e. The Morgan fingerprint density at radius 1 is 1.12 bits per heavy atom. The first kappa shape index (κ1) is 18.1. The van der Waals surface area contributed by atoms with E-state index in [2.05, 4.69) is 4.98 Å². The number of oxazole rings is 1. The predicted octanol–water partition coefficient (Wildman–Crippen LogP) is 5.37. The normalized spacial score (nSPS) is 12.5. The Kier molecular flexibility index (Phi) is 5.68. The zero-order valence-corrected chi connectivity index (χ0v) is 15.6. The highest BCUT2D eigenvalue weighted by Crippen LogP contribution is 2.40. The molecule has 0 saturated heterocycles. The van der Waals surface area contributed by atoms with Gasteiger partial charge < -0.3 is 18.6 Å². The van der Waals surface area contributed by atoms with Crippen LogP contribution in [0.15, 0.2) is 40.8 Å². The lowest BCUT2D eigenvalue weighted by Gasteiger charge is -2.17. The van der Waals surface area contributed by atoms with Gasteiger partial charge in [-0.1, -0.05) is 30.7 Å². The lowest BCUT2D eigenvalue weighted by Crippen LogP contribution is -2.08. The van der Waals surface area contributed by atoms with Crippen molar-refractivity contribution in [1.29, 1.82) is 0 Å². The third-order valence-corrected chi connectivity index (χ3v) is 4.18. The van der Waals surface area contributed by atoms with Crippen LogP contribution in [0, 0.1) is 0 Å². The van der Waals surface area contributed by atoms with Crippen LogP contribution in [0.4, 0.5) is 0 Å². The molecule has 3 aromatic rings. The molecular weight excluding hydrogens is 354 g/mol. The average molecular weight is 374 g/mol. The Bertz CT molecular complexity index is 861. The van der Waals surface area contributed by atoms with Crippen molar-refractivity contribution >= 4 is 34.9 Å². The van der Waals surface area contributed by atoms with Gasteiger partial charge in [-0.25, -0.2) is 4.98 Å². The molecule has 6 heteroatoms. The minimum absolute atomic E-state index is 0.459. The van der Waals surface area contributed by atoms with Gasteiger partial charge in [-0.05, 0) is 42.3 Å². The first-order chi connectivity index (χ1) is 12.6. The van der Waals surface area contributed by atoms with E-state index in [0.29, 0.717) is 29.6 Å². The van der Waals surface area contributed by atoms with Gasteiger partial charge in [0.2, 0.25) is 11.6 Å². The smallest absolute Gasteiger partial charge is 0.220 e. The second-order valence-corrected chi connectivity index (χ2v) is 6.03. The lowest BCUT2D eigenvalue weighted by molar-refractivity contribution is 0.246. The van der Waals surface area contributed by atoms with E-state index in [1.165, 1.54) is 0 Å². The van der Waals surface area contributed by atoms with Crippen LogP contribution in [0.3, 0.4) is 0 Å². The number of nitrogens with zero attached hydrogens (tertiary/aromatic N) is 1. The number of aromatic nitrogens is 1. The molecule has 0 saturated carbocycles. The summed E-state index contributed by atoms with van der Waals surface area (Å²) in [6.07, 6.45) is 4.33. The number of para-hydroxylation sites is 2. The largest absolute Gasteiger partial charge is 0.493 e. The molecule has 0 fully saturated rings. The molecule has 1 atom stereocenters. The lowest BCUT2D eigenvalue weighted by atomic mass is 10.1. The topological polar surface area (TPSA) is 53.7 Å². The Labute approximate surface area is 157 Å². The Morgan fingerprint density at radius 2 is 1.81 bits per heavy atom. The average Bonchev–Trinajstić information content (AvgIpc) is 3.09. The molecule has 0 aliphatic rings. The molecule has 0 bridgehead atoms. The second kappa shape index (κ2) is 8.15. The molecule has 0 spiro atoms. The highest BCUT2D eigenvalue weighted by molar-refractivity contribution is 6.19. The summed E-state index contributed by atoms with van der Waals surface area (Å²) in [6, 6.07) is 11.3. The molecule has 2 aromatic carbocycles. The number of halogens is 1. The molecule has 0 radical (unpaired) electrons. The van der Waals surface area contributed by atoms with Crippen molar-refractivity contribution in [3.63, 3.8) is 0 Å². The van der Waals surface area contributed by atoms with Gasteiger partial charge >= 0.3 is 0 Å². The fraction of sp³-hybridized carbons (Fsp3) is 0.250. The van der Waals surface area contributed by atoms with Crippen LogP contribution in [-0.2, 0) is 0 Å². The first-order valence-electron chi connectivity index (χ1n) is 8.25. The molecule has 1 heterocycles. The number of ether oxygens (including phenoxy) is 3. The minimum atomic E-state index is -0.459. The number of alkyl halides is 1. The van der Waals surface area contributed by atoms with Gasteiger partial charge in [0.05, 0.1) is 14.2 Å². The molecule has 1 aromatic heterocycles. The highest BCUT2D eigenvalue weighted by atomic mass is 35.5. The summed E-state index contributed by atoms with van der Waals surface area (Å²) in [4.78, 5) is 4.42. The Morgan fingerprint density at radius 3 is 2.42 bits per heavy atom. The van der Waals surface area contributed by atoms with Gasteiger partial charge in [-0.3, -0.25) is 0 Å². The highest BCUT2D eigenvalue weighted by Gasteiger charge is 2.16. The van der Waals surface area contributed by atoms with Crippen molar-refractivity contribution < 1.29 is 18.6 Å². The molecule has 0 amide bonds. The van der Waals surface area contributed by atoms with Crippen molar-refractivity contribution in [2.75, 3.05) is 14.2 Å². The maximum atomic E-state index is 6.11. The summed E-state index contributed by atoms with van der Waals surface area (Å²) in [5.74, 6) is 2.09. The van der Waals surface area contributed by atoms with Gasteiger partial charge in [0.15, 0.2) is 22.6 Å². The number of hydrogen-bond acceptors (Lipinski definition) is 5. The zero-order valence-electron chi connectivity index (χ0n) is 14.9. The first-order valence-corrected chi connectivity index (χ1v) is 8.68. The summed E-state index contributed by atoms with van der Waals surface area (Å²) in [6.45, 7) is 1.94. The van der Waals surface area contributed by atoms with Crippen LogP contribution in [0.25, 0.3) is 23.3 Å². The summed E-state index contributed by atoms with van der Waals surface area (Å²) in [7, 11) is 3.15. The van der Waals surface area contributed by atoms with Crippen LogP contribution in [-0.4, -0.2) is 24.8 Å². The summed E-state index contributed by atoms with van der Waals surface area (Å²) in [5, 5.41) is 0. The van der Waals surface area contributed by atoms with Gasteiger partial charge in [0.25, 0.3) is 0 Å².